The molecule has 0 amide bonds. The van der Waals surface area contributed by atoms with Gasteiger partial charge in [0, 0.05) is 17.8 Å². The van der Waals surface area contributed by atoms with Gasteiger partial charge in [-0.05, 0) is 53.6 Å². The van der Waals surface area contributed by atoms with Gasteiger partial charge in [-0.15, -0.1) is 6.42 Å². The van der Waals surface area contributed by atoms with E-state index >= 15 is 0 Å². The van der Waals surface area contributed by atoms with E-state index in [-0.39, 0.29) is 29.6 Å². The molecule has 0 saturated heterocycles. The van der Waals surface area contributed by atoms with Crippen LogP contribution in [0.5, 0.6) is 0 Å². The van der Waals surface area contributed by atoms with Crippen molar-refractivity contribution < 1.29 is 19.1 Å². The van der Waals surface area contributed by atoms with Crippen LogP contribution in [0, 0.1) is 30.1 Å². The van der Waals surface area contributed by atoms with Gasteiger partial charge in [0.1, 0.15) is 12.2 Å². The lowest BCUT2D eigenvalue weighted by molar-refractivity contribution is -0.0708. The third kappa shape index (κ3) is 3.15. The Hall–Kier alpha value is -3.84. The Balaban J connectivity index is 1.36. The summed E-state index contributed by atoms with van der Waals surface area (Å²) in [6, 6.07) is 26.2. The molecule has 3 aliphatic rings. The first kappa shape index (κ1) is 20.7. The van der Waals surface area contributed by atoms with Crippen molar-refractivity contribution in [2.24, 2.45) is 17.8 Å². The fraction of sp³-hybridized carbons (Fsp3) is 0.267. The number of ether oxygens (including phenoxy) is 2. The van der Waals surface area contributed by atoms with Crippen molar-refractivity contribution in [3.05, 3.63) is 107 Å². The Morgan fingerprint density at radius 1 is 0.706 bits per heavy atom. The summed E-state index contributed by atoms with van der Waals surface area (Å²) >= 11 is 0. The molecule has 7 atom stereocenters. The molecule has 2 bridgehead atoms. The van der Waals surface area contributed by atoms with E-state index in [9.17, 15) is 9.59 Å². The number of carbonyl (C=O) groups is 2. The fourth-order valence-corrected chi connectivity index (χ4v) is 6.59. The molecule has 3 aromatic carbocycles. The van der Waals surface area contributed by atoms with Gasteiger partial charge in [-0.2, -0.15) is 0 Å². The molecule has 2 fully saturated rings. The third-order valence-corrected chi connectivity index (χ3v) is 7.84. The first-order valence-corrected chi connectivity index (χ1v) is 11.7. The number of fused-ring (bicyclic) bond motifs is 7. The smallest absolute Gasteiger partial charge is 0.338 e. The molecule has 0 spiro atoms. The average Bonchev–Trinajstić information content (AvgIpc) is 3.53. The summed E-state index contributed by atoms with van der Waals surface area (Å²) in [7, 11) is 0. The molecule has 34 heavy (non-hydrogen) atoms. The lowest BCUT2D eigenvalue weighted by Crippen LogP contribution is -2.45. The summed E-state index contributed by atoms with van der Waals surface area (Å²) in [6.45, 7) is 0. The zero-order valence-corrected chi connectivity index (χ0v) is 18.5. The van der Waals surface area contributed by atoms with E-state index < -0.39 is 24.1 Å². The van der Waals surface area contributed by atoms with Gasteiger partial charge in [-0.25, -0.2) is 9.59 Å². The average molecular weight is 449 g/mol. The largest absolute Gasteiger partial charge is 0.455 e. The highest BCUT2D eigenvalue weighted by molar-refractivity contribution is 5.90. The maximum absolute atomic E-state index is 13.0. The summed E-state index contributed by atoms with van der Waals surface area (Å²) < 4.78 is 12.2. The highest BCUT2D eigenvalue weighted by atomic mass is 16.6. The monoisotopic (exact) mass is 448 g/mol. The fourth-order valence-electron chi connectivity index (χ4n) is 6.59. The van der Waals surface area contributed by atoms with E-state index in [2.05, 4.69) is 18.1 Å². The lowest BCUT2D eigenvalue weighted by atomic mass is 9.73. The number of rotatable bonds is 4. The van der Waals surface area contributed by atoms with Crippen molar-refractivity contribution >= 4 is 11.9 Å². The molecule has 168 valence electrons. The second-order valence-corrected chi connectivity index (χ2v) is 9.41. The summed E-state index contributed by atoms with van der Waals surface area (Å²) in [5.41, 5.74) is 3.40. The van der Waals surface area contributed by atoms with Gasteiger partial charge in [0.05, 0.1) is 11.1 Å². The molecule has 0 aromatic heterocycles. The van der Waals surface area contributed by atoms with E-state index in [1.54, 1.807) is 24.3 Å². The van der Waals surface area contributed by atoms with E-state index in [1.165, 1.54) is 11.1 Å². The van der Waals surface area contributed by atoms with Crippen molar-refractivity contribution in [2.45, 2.75) is 30.5 Å². The van der Waals surface area contributed by atoms with Crippen molar-refractivity contribution in [3.63, 3.8) is 0 Å². The predicted octanol–water partition coefficient (Wildman–Crippen LogP) is 5.22. The number of hydrogen-bond acceptors (Lipinski definition) is 4. The van der Waals surface area contributed by atoms with Crippen molar-refractivity contribution in [3.8, 4) is 12.3 Å². The van der Waals surface area contributed by atoms with E-state index in [0.717, 1.165) is 6.42 Å². The molecule has 4 heteroatoms. The van der Waals surface area contributed by atoms with Crippen LogP contribution in [0.3, 0.4) is 0 Å². The maximum Gasteiger partial charge on any atom is 0.338 e. The summed E-state index contributed by atoms with van der Waals surface area (Å²) in [6.07, 6.45) is 5.79. The minimum absolute atomic E-state index is 0.0279. The Morgan fingerprint density at radius 2 is 1.21 bits per heavy atom. The van der Waals surface area contributed by atoms with Crippen LogP contribution in [0.1, 0.15) is 50.1 Å². The van der Waals surface area contributed by atoms with Gasteiger partial charge in [0.15, 0.2) is 0 Å². The molecule has 0 N–H and O–H groups in total. The Kier molecular flexibility index (Phi) is 4.99. The first-order valence-electron chi connectivity index (χ1n) is 11.7. The van der Waals surface area contributed by atoms with Gasteiger partial charge >= 0.3 is 11.9 Å². The zero-order chi connectivity index (χ0) is 23.2. The molecule has 3 aliphatic carbocycles. The quantitative estimate of drug-likeness (QED) is 0.406. The molecule has 0 aliphatic heterocycles. The van der Waals surface area contributed by atoms with Gasteiger partial charge in [0.25, 0.3) is 0 Å². The lowest BCUT2D eigenvalue weighted by Gasteiger charge is -2.38. The van der Waals surface area contributed by atoms with Crippen molar-refractivity contribution in [1.82, 2.24) is 0 Å². The van der Waals surface area contributed by atoms with Crippen LogP contribution < -0.4 is 0 Å². The predicted molar refractivity (Wildman–Crippen MR) is 127 cm³/mol. The number of terminal acetylenes is 1. The molecule has 0 heterocycles. The van der Waals surface area contributed by atoms with E-state index in [4.69, 9.17) is 15.9 Å². The van der Waals surface area contributed by atoms with E-state index in [1.807, 2.05) is 48.5 Å². The SMILES string of the molecule is C#CC1c2ccccc2C2C3CC(C(OC(=O)c4ccccc4)C3OC(=O)c3ccccc3)C12. The summed E-state index contributed by atoms with van der Waals surface area (Å²) in [5.74, 6) is 2.65. The topological polar surface area (TPSA) is 52.6 Å². The molecule has 7 unspecified atom stereocenters. The maximum atomic E-state index is 13.0. The van der Waals surface area contributed by atoms with Crippen LogP contribution in [0.4, 0.5) is 0 Å². The second kappa shape index (κ2) is 8.18. The van der Waals surface area contributed by atoms with E-state index in [0.29, 0.717) is 11.1 Å². The molecule has 3 aromatic rings. The number of carbonyl (C=O) groups excluding carboxylic acids is 2. The van der Waals surface area contributed by atoms with Gasteiger partial charge in [-0.3, -0.25) is 0 Å². The minimum atomic E-state index is -0.531. The van der Waals surface area contributed by atoms with Crippen LogP contribution in [0.2, 0.25) is 0 Å². The van der Waals surface area contributed by atoms with Crippen molar-refractivity contribution in [1.29, 1.82) is 0 Å². The van der Waals surface area contributed by atoms with Crippen molar-refractivity contribution in [2.75, 3.05) is 0 Å². The molecule has 0 radical (unpaired) electrons. The number of benzene rings is 3. The standard InChI is InChI=1S/C30H24O4/c1-2-20-21-15-9-10-16-22(21)26-24-17-23(25(20)26)27(33-29(31)18-11-5-3-6-12-18)28(24)34-30(32)19-13-7-4-8-14-19/h1,3-16,20,23-28H,17H2. The van der Waals surface area contributed by atoms with Gasteiger partial charge in [-0.1, -0.05) is 66.6 Å². The molecule has 4 nitrogen and oxygen atoms in total. The second-order valence-electron chi connectivity index (χ2n) is 9.41. The Bertz CT molecular complexity index is 1280. The van der Waals surface area contributed by atoms with Crippen LogP contribution in [0.25, 0.3) is 0 Å². The molecule has 6 rings (SSSR count). The number of hydrogen-bond donors (Lipinski definition) is 0. The minimum Gasteiger partial charge on any atom is -0.455 e. The Morgan fingerprint density at radius 3 is 1.76 bits per heavy atom. The van der Waals surface area contributed by atoms with Gasteiger partial charge < -0.3 is 9.47 Å². The highest BCUT2D eigenvalue weighted by Crippen LogP contribution is 2.66. The molecule has 2 saturated carbocycles. The Labute approximate surface area is 198 Å². The third-order valence-electron chi connectivity index (χ3n) is 7.84. The van der Waals surface area contributed by atoms with Crippen LogP contribution in [0.15, 0.2) is 84.9 Å². The van der Waals surface area contributed by atoms with Crippen LogP contribution in [-0.2, 0) is 9.47 Å². The summed E-state index contributed by atoms with van der Waals surface area (Å²) in [4.78, 5) is 26.1. The summed E-state index contributed by atoms with van der Waals surface area (Å²) in [5, 5.41) is 0. The zero-order valence-electron chi connectivity index (χ0n) is 18.5. The molecular weight excluding hydrogens is 424 g/mol. The normalized spacial score (nSPS) is 30.1. The van der Waals surface area contributed by atoms with Crippen LogP contribution in [-0.4, -0.2) is 24.1 Å². The highest BCUT2D eigenvalue weighted by Gasteiger charge is 2.65. The number of esters is 2. The van der Waals surface area contributed by atoms with Crippen LogP contribution >= 0.6 is 0 Å². The van der Waals surface area contributed by atoms with Gasteiger partial charge in [0.2, 0.25) is 0 Å². The molecular formula is C30H24O4. The first-order chi connectivity index (χ1) is 16.7.